The average Bonchev–Trinajstić information content (AvgIpc) is 2.40. The summed E-state index contributed by atoms with van der Waals surface area (Å²) in [7, 11) is 1.52. The van der Waals surface area contributed by atoms with E-state index in [-0.39, 0.29) is 19.1 Å². The summed E-state index contributed by atoms with van der Waals surface area (Å²) < 4.78 is 10.3. The lowest BCUT2D eigenvalue weighted by Crippen LogP contribution is -2.41. The summed E-state index contributed by atoms with van der Waals surface area (Å²) in [6.45, 7) is 3.49. The summed E-state index contributed by atoms with van der Waals surface area (Å²) in [5, 5.41) is 0.431. The van der Waals surface area contributed by atoms with E-state index in [0.29, 0.717) is 10.8 Å². The molecule has 5 nitrogen and oxygen atoms in total. The van der Waals surface area contributed by atoms with Crippen LogP contribution in [0.4, 0.5) is 0 Å². The predicted octanol–water partition coefficient (Wildman–Crippen LogP) is 2.13. The number of amides is 1. The minimum Gasteiger partial charge on any atom is -0.479 e. The maximum atomic E-state index is 12.0. The highest BCUT2D eigenvalue weighted by Crippen LogP contribution is 2.24. The van der Waals surface area contributed by atoms with Crippen LogP contribution in [0.1, 0.15) is 13.8 Å². The summed E-state index contributed by atoms with van der Waals surface area (Å²) in [5.41, 5.74) is 0. The van der Waals surface area contributed by atoms with E-state index in [1.165, 1.54) is 11.9 Å². The Labute approximate surface area is 123 Å². The zero-order valence-electron chi connectivity index (χ0n) is 11.8. The van der Waals surface area contributed by atoms with Crippen LogP contribution >= 0.6 is 11.6 Å². The summed E-state index contributed by atoms with van der Waals surface area (Å²) in [6.07, 6.45) is -0.741. The molecule has 0 saturated carbocycles. The highest BCUT2D eigenvalue weighted by atomic mass is 35.5. The van der Waals surface area contributed by atoms with E-state index in [9.17, 15) is 9.59 Å². The second-order valence-electron chi connectivity index (χ2n) is 4.19. The minimum atomic E-state index is -0.741. The first-order valence-corrected chi connectivity index (χ1v) is 6.65. The van der Waals surface area contributed by atoms with Gasteiger partial charge in [-0.1, -0.05) is 23.7 Å². The standard InChI is InChI=1S/C14H18ClNO4/c1-4-19-13(17)9-16(3)14(18)10(2)20-12-8-6-5-7-11(12)15/h5-8,10H,4,9H2,1-3H3. The Morgan fingerprint density at radius 2 is 2.00 bits per heavy atom. The molecule has 6 heteroatoms. The van der Waals surface area contributed by atoms with E-state index in [1.54, 1.807) is 38.1 Å². The highest BCUT2D eigenvalue weighted by molar-refractivity contribution is 6.32. The fourth-order valence-corrected chi connectivity index (χ4v) is 1.75. The number of likely N-dealkylation sites (N-methyl/N-ethyl adjacent to an activating group) is 1. The second-order valence-corrected chi connectivity index (χ2v) is 4.60. The van der Waals surface area contributed by atoms with E-state index in [0.717, 1.165) is 0 Å². The van der Waals surface area contributed by atoms with Crippen molar-refractivity contribution in [3.63, 3.8) is 0 Å². The fraction of sp³-hybridized carbons (Fsp3) is 0.429. The van der Waals surface area contributed by atoms with Gasteiger partial charge < -0.3 is 14.4 Å². The Morgan fingerprint density at radius 3 is 2.60 bits per heavy atom. The summed E-state index contributed by atoms with van der Waals surface area (Å²) in [5.74, 6) is -0.342. The van der Waals surface area contributed by atoms with Crippen molar-refractivity contribution in [2.45, 2.75) is 20.0 Å². The van der Waals surface area contributed by atoms with Gasteiger partial charge in [0.2, 0.25) is 0 Å². The first-order chi connectivity index (χ1) is 9.45. The first-order valence-electron chi connectivity index (χ1n) is 6.27. The number of ether oxygens (including phenoxy) is 2. The average molecular weight is 300 g/mol. The van der Waals surface area contributed by atoms with Crippen LogP contribution in [0.2, 0.25) is 5.02 Å². The molecule has 0 radical (unpaired) electrons. The van der Waals surface area contributed by atoms with Crippen molar-refractivity contribution in [1.82, 2.24) is 4.90 Å². The molecule has 0 N–H and O–H groups in total. The topological polar surface area (TPSA) is 55.8 Å². The van der Waals surface area contributed by atoms with Gasteiger partial charge in [0.15, 0.2) is 6.10 Å². The Hall–Kier alpha value is -1.75. The number of nitrogens with zero attached hydrogens (tertiary/aromatic N) is 1. The van der Waals surface area contributed by atoms with E-state index < -0.39 is 12.1 Å². The third kappa shape index (κ3) is 4.74. The van der Waals surface area contributed by atoms with Crippen molar-refractivity contribution >= 4 is 23.5 Å². The van der Waals surface area contributed by atoms with Gasteiger partial charge in [-0.3, -0.25) is 9.59 Å². The van der Waals surface area contributed by atoms with Crippen LogP contribution in [-0.4, -0.2) is 43.1 Å². The van der Waals surface area contributed by atoms with Gasteiger partial charge in [0.05, 0.1) is 11.6 Å². The number of carbonyl (C=O) groups is 2. The van der Waals surface area contributed by atoms with Gasteiger partial charge in [0.25, 0.3) is 5.91 Å². The molecule has 0 aliphatic carbocycles. The van der Waals surface area contributed by atoms with Crippen LogP contribution in [-0.2, 0) is 14.3 Å². The lowest BCUT2D eigenvalue weighted by molar-refractivity contribution is -0.150. The molecule has 1 amide bonds. The summed E-state index contributed by atoms with van der Waals surface area (Å²) >= 11 is 5.95. The molecule has 1 atom stereocenters. The first kappa shape index (κ1) is 16.3. The molecule has 0 aliphatic rings. The molecule has 0 spiro atoms. The molecule has 0 fully saturated rings. The van der Waals surface area contributed by atoms with E-state index in [2.05, 4.69) is 0 Å². The number of para-hydroxylation sites is 1. The molecule has 1 rings (SSSR count). The van der Waals surface area contributed by atoms with Crippen LogP contribution in [0, 0.1) is 0 Å². The van der Waals surface area contributed by atoms with E-state index in [4.69, 9.17) is 21.1 Å². The van der Waals surface area contributed by atoms with Crippen molar-refractivity contribution in [2.24, 2.45) is 0 Å². The van der Waals surface area contributed by atoms with Gasteiger partial charge in [-0.05, 0) is 26.0 Å². The molecule has 110 valence electrons. The number of carbonyl (C=O) groups excluding carboxylic acids is 2. The zero-order chi connectivity index (χ0) is 15.1. The predicted molar refractivity (Wildman–Crippen MR) is 75.8 cm³/mol. The van der Waals surface area contributed by atoms with Crippen molar-refractivity contribution in [2.75, 3.05) is 20.2 Å². The minimum absolute atomic E-state index is 0.108. The van der Waals surface area contributed by atoms with Gasteiger partial charge in [-0.2, -0.15) is 0 Å². The quantitative estimate of drug-likeness (QED) is 0.755. The molecule has 0 saturated heterocycles. The maximum absolute atomic E-state index is 12.0. The molecule has 1 aromatic rings. The van der Waals surface area contributed by atoms with Crippen LogP contribution in [0.25, 0.3) is 0 Å². The monoisotopic (exact) mass is 299 g/mol. The van der Waals surface area contributed by atoms with Gasteiger partial charge in [0, 0.05) is 7.05 Å². The molecule has 0 heterocycles. The highest BCUT2D eigenvalue weighted by Gasteiger charge is 2.22. The van der Waals surface area contributed by atoms with Crippen LogP contribution in [0.15, 0.2) is 24.3 Å². The summed E-state index contributed by atoms with van der Waals surface area (Å²) in [4.78, 5) is 24.6. The van der Waals surface area contributed by atoms with Gasteiger partial charge >= 0.3 is 5.97 Å². The third-order valence-corrected chi connectivity index (χ3v) is 2.85. The van der Waals surface area contributed by atoms with E-state index in [1.807, 2.05) is 0 Å². The SMILES string of the molecule is CCOC(=O)CN(C)C(=O)C(C)Oc1ccccc1Cl. The Morgan fingerprint density at radius 1 is 1.35 bits per heavy atom. The Balaban J connectivity index is 2.58. The summed E-state index contributed by atoms with van der Waals surface area (Å²) in [6, 6.07) is 6.89. The molecular weight excluding hydrogens is 282 g/mol. The maximum Gasteiger partial charge on any atom is 0.325 e. The zero-order valence-corrected chi connectivity index (χ0v) is 12.5. The molecule has 0 aromatic heterocycles. The molecule has 0 bridgehead atoms. The lowest BCUT2D eigenvalue weighted by atomic mass is 10.3. The number of hydrogen-bond acceptors (Lipinski definition) is 4. The fourth-order valence-electron chi connectivity index (χ4n) is 1.57. The van der Waals surface area contributed by atoms with Gasteiger partial charge in [-0.15, -0.1) is 0 Å². The Kier molecular flexibility index (Phi) is 6.31. The third-order valence-electron chi connectivity index (χ3n) is 2.54. The smallest absolute Gasteiger partial charge is 0.325 e. The van der Waals surface area contributed by atoms with Crippen LogP contribution in [0.5, 0.6) is 5.75 Å². The molecule has 1 unspecified atom stereocenters. The number of esters is 1. The molecule has 1 aromatic carbocycles. The lowest BCUT2D eigenvalue weighted by Gasteiger charge is -2.21. The van der Waals surface area contributed by atoms with Gasteiger partial charge in [-0.25, -0.2) is 0 Å². The number of hydrogen-bond donors (Lipinski definition) is 0. The number of halogens is 1. The number of rotatable bonds is 6. The van der Waals surface area contributed by atoms with Crippen molar-refractivity contribution in [1.29, 1.82) is 0 Å². The van der Waals surface area contributed by atoms with Crippen LogP contribution < -0.4 is 4.74 Å². The van der Waals surface area contributed by atoms with Crippen molar-refractivity contribution in [3.8, 4) is 5.75 Å². The molecule has 20 heavy (non-hydrogen) atoms. The second kappa shape index (κ2) is 7.75. The number of benzene rings is 1. The Bertz CT molecular complexity index is 478. The van der Waals surface area contributed by atoms with Crippen LogP contribution in [0.3, 0.4) is 0 Å². The van der Waals surface area contributed by atoms with E-state index >= 15 is 0 Å². The normalized spacial score (nSPS) is 11.6. The van der Waals surface area contributed by atoms with Crippen molar-refractivity contribution in [3.05, 3.63) is 29.3 Å². The molecular formula is C14H18ClNO4. The largest absolute Gasteiger partial charge is 0.479 e. The van der Waals surface area contributed by atoms with Crippen molar-refractivity contribution < 1.29 is 19.1 Å². The van der Waals surface area contributed by atoms with Gasteiger partial charge in [0.1, 0.15) is 12.3 Å². The molecule has 0 aliphatic heterocycles.